The second kappa shape index (κ2) is 10.7. The van der Waals surface area contributed by atoms with Gasteiger partial charge in [0, 0.05) is 19.5 Å². The van der Waals surface area contributed by atoms with Crippen LogP contribution in [0.15, 0.2) is 53.4 Å². The van der Waals surface area contributed by atoms with E-state index in [0.29, 0.717) is 19.4 Å². The van der Waals surface area contributed by atoms with Gasteiger partial charge < -0.3 is 5.32 Å². The summed E-state index contributed by atoms with van der Waals surface area (Å²) >= 11 is 0. The van der Waals surface area contributed by atoms with Crippen LogP contribution in [0.3, 0.4) is 0 Å². The fraction of sp³-hybridized carbons (Fsp3) is 0.435. The number of aryl methyl sites for hydroxylation is 1. The Morgan fingerprint density at radius 3 is 2.30 bits per heavy atom. The first kappa shape index (κ1) is 22.5. The van der Waals surface area contributed by atoms with Crippen LogP contribution in [0.2, 0.25) is 0 Å². The Bertz CT molecular complexity index is 936. The fourth-order valence-electron chi connectivity index (χ4n) is 3.74. The van der Waals surface area contributed by atoms with Crippen molar-refractivity contribution >= 4 is 15.9 Å². The molecule has 2 N–H and O–H groups in total. The Morgan fingerprint density at radius 1 is 0.967 bits per heavy atom. The molecule has 30 heavy (non-hydrogen) atoms. The molecule has 6 nitrogen and oxygen atoms in total. The van der Waals surface area contributed by atoms with Gasteiger partial charge in [-0.25, -0.2) is 13.1 Å². The Kier molecular flexibility index (Phi) is 8.01. The van der Waals surface area contributed by atoms with Gasteiger partial charge in [-0.3, -0.25) is 9.69 Å². The molecule has 2 aromatic rings. The molecular weight excluding hydrogens is 398 g/mol. The molecule has 0 aliphatic carbocycles. The third-order valence-electron chi connectivity index (χ3n) is 5.58. The van der Waals surface area contributed by atoms with Crippen molar-refractivity contribution in [3.05, 3.63) is 65.2 Å². The van der Waals surface area contributed by atoms with E-state index in [1.807, 2.05) is 6.07 Å². The number of carbonyl (C=O) groups excluding carboxylic acids is 1. The second-order valence-corrected chi connectivity index (χ2v) is 9.62. The monoisotopic (exact) mass is 429 g/mol. The summed E-state index contributed by atoms with van der Waals surface area (Å²) in [5.74, 6) is -0.00491. The highest BCUT2D eigenvalue weighted by Crippen LogP contribution is 2.16. The minimum Gasteiger partial charge on any atom is -0.352 e. The maximum atomic E-state index is 12.3. The summed E-state index contributed by atoms with van der Waals surface area (Å²) in [6, 6.07) is 14.9. The topological polar surface area (TPSA) is 78.5 Å². The molecule has 2 aromatic carbocycles. The summed E-state index contributed by atoms with van der Waals surface area (Å²) in [6.45, 7) is 3.76. The SMILES string of the molecule is CNS(=O)(=O)c1ccc(CCC(=O)NCc2ccccc2CN2CCCCC2)cc1. The summed E-state index contributed by atoms with van der Waals surface area (Å²) < 4.78 is 25.8. The molecule has 0 atom stereocenters. The van der Waals surface area contributed by atoms with Crippen LogP contribution in [0.5, 0.6) is 0 Å². The van der Waals surface area contributed by atoms with Crippen LogP contribution >= 0.6 is 0 Å². The molecular formula is C23H31N3O3S. The molecule has 1 fully saturated rings. The van der Waals surface area contributed by atoms with Gasteiger partial charge in [-0.2, -0.15) is 0 Å². The Morgan fingerprint density at radius 2 is 1.63 bits per heavy atom. The van der Waals surface area contributed by atoms with Crippen LogP contribution in [-0.2, 0) is 34.3 Å². The van der Waals surface area contributed by atoms with Crippen LogP contribution in [0, 0.1) is 0 Å². The van der Waals surface area contributed by atoms with Gasteiger partial charge in [0.1, 0.15) is 0 Å². The highest BCUT2D eigenvalue weighted by Gasteiger charge is 2.13. The van der Waals surface area contributed by atoms with E-state index >= 15 is 0 Å². The highest BCUT2D eigenvalue weighted by molar-refractivity contribution is 7.89. The first-order chi connectivity index (χ1) is 14.5. The molecule has 1 heterocycles. The lowest BCUT2D eigenvalue weighted by Crippen LogP contribution is -2.30. The number of nitrogens with zero attached hydrogens (tertiary/aromatic N) is 1. The van der Waals surface area contributed by atoms with E-state index < -0.39 is 10.0 Å². The van der Waals surface area contributed by atoms with Gasteiger partial charge in [-0.1, -0.05) is 42.8 Å². The molecule has 162 valence electrons. The third kappa shape index (κ3) is 6.39. The van der Waals surface area contributed by atoms with Gasteiger partial charge in [0.15, 0.2) is 0 Å². The molecule has 1 aliphatic heterocycles. The minimum absolute atomic E-state index is 0.00491. The fourth-order valence-corrected chi connectivity index (χ4v) is 4.47. The summed E-state index contributed by atoms with van der Waals surface area (Å²) in [5, 5.41) is 3.03. The molecule has 3 rings (SSSR count). The molecule has 0 bridgehead atoms. The zero-order valence-corrected chi connectivity index (χ0v) is 18.4. The van der Waals surface area contributed by atoms with Crippen molar-refractivity contribution in [2.75, 3.05) is 20.1 Å². The van der Waals surface area contributed by atoms with Crippen LogP contribution in [0.1, 0.15) is 42.4 Å². The summed E-state index contributed by atoms with van der Waals surface area (Å²) in [7, 11) is -2.05. The van der Waals surface area contributed by atoms with Gasteiger partial charge in [0.05, 0.1) is 4.90 Å². The minimum atomic E-state index is -3.43. The smallest absolute Gasteiger partial charge is 0.240 e. The first-order valence-electron chi connectivity index (χ1n) is 10.6. The van der Waals surface area contributed by atoms with E-state index in [0.717, 1.165) is 30.8 Å². The van der Waals surface area contributed by atoms with Gasteiger partial charge in [0.25, 0.3) is 0 Å². The Balaban J connectivity index is 1.49. The predicted octanol–water partition coefficient (Wildman–Crippen LogP) is 2.83. The van der Waals surface area contributed by atoms with Crippen LogP contribution in [0.25, 0.3) is 0 Å². The number of likely N-dealkylation sites (tertiary alicyclic amines) is 1. The van der Waals surface area contributed by atoms with Crippen LogP contribution in [0.4, 0.5) is 0 Å². The first-order valence-corrected chi connectivity index (χ1v) is 12.0. The normalized spacial score (nSPS) is 15.1. The summed E-state index contributed by atoms with van der Waals surface area (Å²) in [5.41, 5.74) is 3.38. The summed E-state index contributed by atoms with van der Waals surface area (Å²) in [6.07, 6.45) is 4.79. The van der Waals surface area contributed by atoms with E-state index in [2.05, 4.69) is 33.1 Å². The molecule has 0 saturated carbocycles. The molecule has 1 aliphatic rings. The molecule has 0 aromatic heterocycles. The molecule has 1 saturated heterocycles. The van der Waals surface area contributed by atoms with E-state index in [-0.39, 0.29) is 10.8 Å². The van der Waals surface area contributed by atoms with Gasteiger partial charge in [-0.05, 0) is 68.2 Å². The van der Waals surface area contributed by atoms with Crippen molar-refractivity contribution in [2.24, 2.45) is 0 Å². The van der Waals surface area contributed by atoms with Crippen molar-refractivity contribution in [3.8, 4) is 0 Å². The number of rotatable bonds is 9. The largest absolute Gasteiger partial charge is 0.352 e. The number of benzene rings is 2. The highest BCUT2D eigenvalue weighted by atomic mass is 32.2. The average molecular weight is 430 g/mol. The van der Waals surface area contributed by atoms with E-state index in [1.54, 1.807) is 24.3 Å². The average Bonchev–Trinajstić information content (AvgIpc) is 2.78. The lowest BCUT2D eigenvalue weighted by Gasteiger charge is -2.27. The van der Waals surface area contributed by atoms with Crippen molar-refractivity contribution < 1.29 is 13.2 Å². The van der Waals surface area contributed by atoms with Gasteiger partial charge >= 0.3 is 0 Å². The number of sulfonamides is 1. The lowest BCUT2D eigenvalue weighted by atomic mass is 10.0. The van der Waals surface area contributed by atoms with Gasteiger partial charge in [-0.15, -0.1) is 0 Å². The molecule has 0 spiro atoms. The van der Waals surface area contributed by atoms with Crippen molar-refractivity contribution in [1.82, 2.24) is 14.9 Å². The van der Waals surface area contributed by atoms with Crippen molar-refractivity contribution in [1.29, 1.82) is 0 Å². The Hall–Kier alpha value is -2.22. The van der Waals surface area contributed by atoms with Crippen molar-refractivity contribution in [3.63, 3.8) is 0 Å². The number of hydrogen-bond donors (Lipinski definition) is 2. The molecule has 0 radical (unpaired) electrons. The number of piperidine rings is 1. The van der Waals surface area contributed by atoms with E-state index in [4.69, 9.17) is 0 Å². The van der Waals surface area contributed by atoms with Crippen LogP contribution < -0.4 is 10.0 Å². The third-order valence-corrected chi connectivity index (χ3v) is 7.01. The number of amides is 1. The zero-order valence-electron chi connectivity index (χ0n) is 17.6. The van der Waals surface area contributed by atoms with E-state index in [9.17, 15) is 13.2 Å². The Labute approximate surface area is 179 Å². The maximum Gasteiger partial charge on any atom is 0.240 e. The molecule has 7 heteroatoms. The number of nitrogens with one attached hydrogen (secondary N) is 2. The predicted molar refractivity (Wildman–Crippen MR) is 118 cm³/mol. The molecule has 0 unspecified atom stereocenters. The number of hydrogen-bond acceptors (Lipinski definition) is 4. The van der Waals surface area contributed by atoms with Gasteiger partial charge in [0.2, 0.25) is 15.9 Å². The number of carbonyl (C=O) groups is 1. The van der Waals surface area contributed by atoms with Crippen molar-refractivity contribution in [2.45, 2.75) is 50.1 Å². The summed E-state index contributed by atoms with van der Waals surface area (Å²) in [4.78, 5) is 15.0. The van der Waals surface area contributed by atoms with Crippen LogP contribution in [-0.4, -0.2) is 39.4 Å². The lowest BCUT2D eigenvalue weighted by molar-refractivity contribution is -0.121. The quantitative estimate of drug-likeness (QED) is 0.643. The zero-order chi connectivity index (χ0) is 21.4. The second-order valence-electron chi connectivity index (χ2n) is 7.73. The standard InChI is InChI=1S/C23H31N3O3S/c1-24-30(28,29)22-12-9-19(10-13-22)11-14-23(27)25-17-20-7-3-4-8-21(20)18-26-15-5-2-6-16-26/h3-4,7-10,12-13,24H,2,5-6,11,14-18H2,1H3,(H,25,27). The molecule has 1 amide bonds. The maximum absolute atomic E-state index is 12.3. The van der Waals surface area contributed by atoms with E-state index in [1.165, 1.54) is 31.9 Å².